The number of thiazole rings is 1. The summed E-state index contributed by atoms with van der Waals surface area (Å²) in [5.41, 5.74) is 4.22. The lowest BCUT2D eigenvalue weighted by atomic mass is 10.0. The number of carbonyl (C=O) groups excluding carboxylic acids is 2. The first-order valence-corrected chi connectivity index (χ1v) is 10.4. The van der Waals surface area contributed by atoms with Crippen molar-refractivity contribution in [1.29, 1.82) is 0 Å². The van der Waals surface area contributed by atoms with Gasteiger partial charge in [-0.1, -0.05) is 18.2 Å². The molecule has 1 aliphatic rings. The van der Waals surface area contributed by atoms with Crippen molar-refractivity contribution in [3.63, 3.8) is 0 Å². The summed E-state index contributed by atoms with van der Waals surface area (Å²) in [6.07, 6.45) is 3.70. The van der Waals surface area contributed by atoms with E-state index < -0.39 is 0 Å². The van der Waals surface area contributed by atoms with E-state index in [1.165, 1.54) is 22.5 Å². The Morgan fingerprint density at radius 2 is 1.96 bits per heavy atom. The van der Waals surface area contributed by atoms with Gasteiger partial charge in [-0.25, -0.2) is 4.98 Å². The Bertz CT molecular complexity index is 945. The monoisotopic (exact) mass is 382 g/mol. The van der Waals surface area contributed by atoms with Crippen LogP contribution in [0.25, 0.3) is 10.6 Å². The number of aryl methyl sites for hydroxylation is 2. The van der Waals surface area contributed by atoms with E-state index >= 15 is 0 Å². The lowest BCUT2D eigenvalue weighted by Crippen LogP contribution is -2.13. The predicted molar refractivity (Wildman–Crippen MR) is 106 cm³/mol. The van der Waals surface area contributed by atoms with E-state index in [1.54, 1.807) is 11.3 Å². The average Bonchev–Trinajstić information content (AvgIpc) is 3.38. The molecule has 6 heteroatoms. The van der Waals surface area contributed by atoms with E-state index in [0.29, 0.717) is 10.7 Å². The summed E-state index contributed by atoms with van der Waals surface area (Å²) in [6.45, 7) is 0. The van der Waals surface area contributed by atoms with E-state index in [9.17, 15) is 9.59 Å². The molecule has 4 nitrogen and oxygen atoms in total. The van der Waals surface area contributed by atoms with E-state index in [0.717, 1.165) is 29.8 Å². The largest absolute Gasteiger partial charge is 0.302 e. The van der Waals surface area contributed by atoms with Gasteiger partial charge in [0, 0.05) is 23.8 Å². The van der Waals surface area contributed by atoms with Crippen LogP contribution in [0.15, 0.2) is 41.1 Å². The van der Waals surface area contributed by atoms with Gasteiger partial charge < -0.3 is 5.32 Å². The average molecular weight is 383 g/mol. The van der Waals surface area contributed by atoms with Gasteiger partial charge in [0.05, 0.1) is 10.6 Å². The zero-order chi connectivity index (χ0) is 17.9. The second kappa shape index (κ2) is 7.51. The van der Waals surface area contributed by atoms with Crippen LogP contribution in [0.3, 0.4) is 0 Å². The summed E-state index contributed by atoms with van der Waals surface area (Å²) in [6, 6.07) is 9.91. The third-order valence-corrected chi connectivity index (χ3v) is 6.17. The number of hydrogen-bond acceptors (Lipinski definition) is 5. The highest BCUT2D eigenvalue weighted by atomic mass is 32.1. The molecule has 0 fully saturated rings. The van der Waals surface area contributed by atoms with Gasteiger partial charge in [-0.15, -0.1) is 22.7 Å². The minimum atomic E-state index is -0.174. The van der Waals surface area contributed by atoms with Crippen LogP contribution in [0, 0.1) is 0 Å². The highest BCUT2D eigenvalue weighted by Crippen LogP contribution is 2.28. The van der Waals surface area contributed by atoms with Gasteiger partial charge in [0.15, 0.2) is 10.9 Å². The fourth-order valence-corrected chi connectivity index (χ4v) is 4.65. The lowest BCUT2D eigenvalue weighted by molar-refractivity contribution is -0.116. The molecule has 0 saturated heterocycles. The first-order valence-electron chi connectivity index (χ1n) is 8.63. The summed E-state index contributed by atoms with van der Waals surface area (Å²) in [4.78, 5) is 30.0. The van der Waals surface area contributed by atoms with Gasteiger partial charge in [-0.2, -0.15) is 0 Å². The van der Waals surface area contributed by atoms with Crippen LogP contribution in [-0.2, 0) is 17.6 Å². The van der Waals surface area contributed by atoms with E-state index in [4.69, 9.17) is 0 Å². The Balaban J connectivity index is 1.32. The van der Waals surface area contributed by atoms with Crippen molar-refractivity contribution in [1.82, 2.24) is 4.98 Å². The molecule has 0 saturated carbocycles. The topological polar surface area (TPSA) is 59.1 Å². The number of hydrogen-bond donors (Lipinski definition) is 1. The lowest BCUT2D eigenvalue weighted by Gasteiger charge is -2.05. The van der Waals surface area contributed by atoms with Gasteiger partial charge in [-0.05, 0) is 47.9 Å². The standard InChI is InChI=1S/C20H18N2O2S2/c23-17(15-7-6-13-3-1-4-14(13)11-15)8-9-19(24)22-20-21-16(12-26-20)18-5-2-10-25-18/h2,5-7,10-12H,1,3-4,8-9H2,(H,21,22,24). The van der Waals surface area contributed by atoms with Crippen molar-refractivity contribution in [2.75, 3.05) is 5.32 Å². The van der Waals surface area contributed by atoms with Gasteiger partial charge >= 0.3 is 0 Å². The molecule has 1 amide bonds. The number of nitrogens with zero attached hydrogens (tertiary/aromatic N) is 1. The molecule has 0 spiro atoms. The van der Waals surface area contributed by atoms with Crippen LogP contribution in [-0.4, -0.2) is 16.7 Å². The van der Waals surface area contributed by atoms with E-state index in [1.807, 2.05) is 35.0 Å². The Morgan fingerprint density at radius 3 is 2.81 bits per heavy atom. The van der Waals surface area contributed by atoms with Gasteiger partial charge in [0.2, 0.25) is 5.91 Å². The highest BCUT2D eigenvalue weighted by Gasteiger charge is 2.15. The van der Waals surface area contributed by atoms with E-state index in [-0.39, 0.29) is 24.5 Å². The fraction of sp³-hybridized carbons (Fsp3) is 0.250. The number of amides is 1. The zero-order valence-corrected chi connectivity index (χ0v) is 15.8. The van der Waals surface area contributed by atoms with Crippen LogP contribution < -0.4 is 5.32 Å². The summed E-state index contributed by atoms with van der Waals surface area (Å²) in [5.74, 6) is -0.153. The number of thiophene rings is 1. The molecule has 0 radical (unpaired) electrons. The summed E-state index contributed by atoms with van der Waals surface area (Å²) in [7, 11) is 0. The Hall–Kier alpha value is -2.31. The minimum Gasteiger partial charge on any atom is -0.302 e. The van der Waals surface area contributed by atoms with Crippen molar-refractivity contribution in [2.45, 2.75) is 32.1 Å². The van der Waals surface area contributed by atoms with Gasteiger partial charge in [-0.3, -0.25) is 9.59 Å². The molecule has 1 aromatic carbocycles. The number of benzene rings is 1. The molecule has 1 N–H and O–H groups in total. The molecule has 3 aromatic rings. The molecule has 26 heavy (non-hydrogen) atoms. The Kier molecular flexibility index (Phi) is 4.95. The fourth-order valence-electron chi connectivity index (χ4n) is 3.17. The maximum absolute atomic E-state index is 12.4. The molecular weight excluding hydrogens is 364 g/mol. The van der Waals surface area contributed by atoms with Gasteiger partial charge in [0.25, 0.3) is 0 Å². The molecule has 0 unspecified atom stereocenters. The summed E-state index contributed by atoms with van der Waals surface area (Å²) in [5, 5.41) is 7.29. The molecule has 4 rings (SSSR count). The Labute approximate surface area is 159 Å². The number of ketones is 1. The molecule has 0 bridgehead atoms. The number of aromatic nitrogens is 1. The molecule has 132 valence electrons. The molecule has 0 aliphatic heterocycles. The number of Topliss-reactive ketones (excluding diaryl/α,β-unsaturated/α-hetero) is 1. The SMILES string of the molecule is O=C(CCC(=O)c1ccc2c(c1)CCC2)Nc1nc(-c2cccs2)cs1. The van der Waals surface area contributed by atoms with Crippen molar-refractivity contribution in [3.8, 4) is 10.6 Å². The maximum atomic E-state index is 12.4. The first-order chi connectivity index (χ1) is 12.7. The van der Waals surface area contributed by atoms with E-state index in [2.05, 4.69) is 16.4 Å². The molecule has 0 atom stereocenters. The smallest absolute Gasteiger partial charge is 0.226 e. The van der Waals surface area contributed by atoms with Crippen LogP contribution in [0.1, 0.15) is 40.7 Å². The van der Waals surface area contributed by atoms with Crippen LogP contribution in [0.2, 0.25) is 0 Å². The van der Waals surface area contributed by atoms with Crippen LogP contribution >= 0.6 is 22.7 Å². The normalized spacial score (nSPS) is 12.8. The molecule has 1 aliphatic carbocycles. The van der Waals surface area contributed by atoms with Gasteiger partial charge in [0.1, 0.15) is 0 Å². The van der Waals surface area contributed by atoms with Crippen molar-refractivity contribution >= 4 is 39.5 Å². The molecule has 2 aromatic heterocycles. The summed E-state index contributed by atoms with van der Waals surface area (Å²) >= 11 is 3.01. The third-order valence-electron chi connectivity index (χ3n) is 4.52. The predicted octanol–water partition coefficient (Wildman–Crippen LogP) is 4.96. The zero-order valence-electron chi connectivity index (χ0n) is 14.2. The third kappa shape index (κ3) is 3.76. The first kappa shape index (κ1) is 17.1. The second-order valence-corrected chi connectivity index (χ2v) is 8.13. The number of carbonyl (C=O) groups is 2. The quantitative estimate of drug-likeness (QED) is 0.613. The molecule has 2 heterocycles. The van der Waals surface area contributed by atoms with Crippen molar-refractivity contribution in [2.24, 2.45) is 0 Å². The minimum absolute atomic E-state index is 0.0215. The number of nitrogens with one attached hydrogen (secondary N) is 1. The summed E-state index contributed by atoms with van der Waals surface area (Å²) < 4.78 is 0. The number of rotatable bonds is 6. The number of fused-ring (bicyclic) bond motifs is 1. The van der Waals surface area contributed by atoms with Crippen LogP contribution in [0.4, 0.5) is 5.13 Å². The van der Waals surface area contributed by atoms with Crippen molar-refractivity contribution < 1.29 is 9.59 Å². The maximum Gasteiger partial charge on any atom is 0.226 e. The Morgan fingerprint density at radius 1 is 1.08 bits per heavy atom. The highest BCUT2D eigenvalue weighted by molar-refractivity contribution is 7.16. The van der Waals surface area contributed by atoms with Crippen molar-refractivity contribution in [3.05, 3.63) is 57.8 Å². The molecular formula is C20H18N2O2S2. The number of anilines is 1. The van der Waals surface area contributed by atoms with Crippen LogP contribution in [0.5, 0.6) is 0 Å². The second-order valence-electron chi connectivity index (χ2n) is 6.32.